The average Bonchev–Trinajstić information content (AvgIpc) is 3.46. The highest BCUT2D eigenvalue weighted by Gasteiger charge is 2.44. The maximum absolute atomic E-state index is 13.0. The summed E-state index contributed by atoms with van der Waals surface area (Å²) in [6.07, 6.45) is -3.68. The van der Waals surface area contributed by atoms with Crippen LogP contribution in [0.15, 0.2) is 47.5 Å². The third-order valence-corrected chi connectivity index (χ3v) is 9.02. The van der Waals surface area contributed by atoms with Crippen molar-refractivity contribution in [2.75, 3.05) is 45.2 Å². The van der Waals surface area contributed by atoms with E-state index in [0.717, 1.165) is 42.6 Å². The van der Waals surface area contributed by atoms with E-state index in [0.29, 0.717) is 5.56 Å². The number of aliphatic hydroxyl groups is 3. The van der Waals surface area contributed by atoms with Crippen molar-refractivity contribution in [2.45, 2.75) is 43.8 Å². The lowest BCUT2D eigenvalue weighted by atomic mass is 9.99. The normalized spacial score (nSPS) is 25.6. The number of ether oxygens (including phenoxy) is 2. The molecular formula is C28H35N7O7S. The van der Waals surface area contributed by atoms with Crippen LogP contribution >= 0.6 is 0 Å². The number of hydrogen-bond donors (Lipinski definition) is 4. The maximum Gasteiger partial charge on any atom is 0.251 e. The Morgan fingerprint density at radius 2 is 1.84 bits per heavy atom. The highest BCUT2D eigenvalue weighted by atomic mass is 32.2. The van der Waals surface area contributed by atoms with Gasteiger partial charge in [-0.05, 0) is 47.7 Å². The van der Waals surface area contributed by atoms with Crippen LogP contribution in [0.4, 0.5) is 5.69 Å². The van der Waals surface area contributed by atoms with Crippen molar-refractivity contribution >= 4 is 32.6 Å². The van der Waals surface area contributed by atoms with Gasteiger partial charge in [-0.25, -0.2) is 17.8 Å². The van der Waals surface area contributed by atoms with E-state index in [2.05, 4.69) is 44.0 Å². The van der Waals surface area contributed by atoms with Gasteiger partial charge in [0.25, 0.3) is 10.0 Å². The molecule has 230 valence electrons. The van der Waals surface area contributed by atoms with Crippen LogP contribution in [0.2, 0.25) is 0 Å². The highest BCUT2D eigenvalue weighted by molar-refractivity contribution is 7.93. The number of rotatable bonds is 9. The third-order valence-electron chi connectivity index (χ3n) is 7.71. The van der Waals surface area contributed by atoms with Gasteiger partial charge in [0.1, 0.15) is 30.5 Å². The summed E-state index contributed by atoms with van der Waals surface area (Å²) in [5, 5.41) is 49.7. The van der Waals surface area contributed by atoms with Crippen molar-refractivity contribution in [1.29, 1.82) is 5.26 Å². The molecule has 0 unspecified atom stereocenters. The lowest BCUT2D eigenvalue weighted by Gasteiger charge is -2.39. The monoisotopic (exact) mass is 613 g/mol. The molecule has 0 bridgehead atoms. The lowest BCUT2D eigenvalue weighted by molar-refractivity contribution is -0.292. The van der Waals surface area contributed by atoms with Gasteiger partial charge < -0.3 is 34.6 Å². The number of nitrogens with one attached hydrogen (secondary N) is 1. The predicted octanol–water partition coefficient (Wildman–Crippen LogP) is -0.379. The Hall–Kier alpha value is -3.46. The highest BCUT2D eigenvalue weighted by Crippen LogP contribution is 2.26. The van der Waals surface area contributed by atoms with Gasteiger partial charge in [0.15, 0.2) is 11.2 Å². The molecule has 5 atom stereocenters. The van der Waals surface area contributed by atoms with E-state index < -0.39 is 45.6 Å². The smallest absolute Gasteiger partial charge is 0.251 e. The van der Waals surface area contributed by atoms with Crippen LogP contribution in [0.1, 0.15) is 11.3 Å². The molecule has 15 heteroatoms. The fourth-order valence-corrected chi connectivity index (χ4v) is 6.03. The third kappa shape index (κ3) is 7.03. The second-order valence-corrected chi connectivity index (χ2v) is 12.4. The fourth-order valence-electron chi connectivity index (χ4n) is 5.13. The first-order chi connectivity index (χ1) is 20.6. The van der Waals surface area contributed by atoms with E-state index in [1.165, 1.54) is 24.1 Å². The number of aromatic nitrogens is 3. The molecule has 0 spiro atoms. The van der Waals surface area contributed by atoms with E-state index in [1.807, 2.05) is 18.2 Å². The standard InChI is InChI=1S/C28H35N7O7S/c1-33-7-9-34(10-8-33)22-6-5-19-11-18(3-4-20(19)13-22)12-23(14-29)43(39,40)30-15-21-16-35(32-31-21)17-24-25(36)26(37)27(38)28(41-2)42-24/h3-6,11-13,16,24-28,30,36-38H,7-10,15,17H2,1-2H3/b23-12+/t24-,25-,26+,27-,28+/m1/s1. The lowest BCUT2D eigenvalue weighted by Crippen LogP contribution is -2.58. The van der Waals surface area contributed by atoms with Crippen molar-refractivity contribution in [2.24, 2.45) is 0 Å². The zero-order valence-corrected chi connectivity index (χ0v) is 24.6. The molecule has 0 aliphatic carbocycles. The van der Waals surface area contributed by atoms with Crippen LogP contribution in [-0.2, 0) is 32.6 Å². The number of nitriles is 1. The Balaban J connectivity index is 1.23. The Morgan fingerprint density at radius 3 is 2.56 bits per heavy atom. The molecular weight excluding hydrogens is 578 g/mol. The van der Waals surface area contributed by atoms with Crippen LogP contribution < -0.4 is 9.62 Å². The fraction of sp³-hybridized carbons (Fsp3) is 0.464. The van der Waals surface area contributed by atoms with Crippen molar-refractivity contribution in [3.05, 3.63) is 58.8 Å². The van der Waals surface area contributed by atoms with Crippen molar-refractivity contribution in [1.82, 2.24) is 24.6 Å². The first kappa shape index (κ1) is 31.0. The van der Waals surface area contributed by atoms with E-state index >= 15 is 0 Å². The molecule has 2 aromatic carbocycles. The van der Waals surface area contributed by atoms with Crippen LogP contribution in [0, 0.1) is 11.3 Å². The van der Waals surface area contributed by atoms with Gasteiger partial charge in [-0.1, -0.05) is 23.4 Å². The summed E-state index contributed by atoms with van der Waals surface area (Å²) < 4.78 is 40.1. The van der Waals surface area contributed by atoms with E-state index in [4.69, 9.17) is 9.47 Å². The molecule has 43 heavy (non-hydrogen) atoms. The van der Waals surface area contributed by atoms with Crippen molar-refractivity contribution in [3.8, 4) is 6.07 Å². The number of aliphatic hydroxyl groups excluding tert-OH is 3. The number of fused-ring (bicyclic) bond motifs is 1. The summed E-state index contributed by atoms with van der Waals surface area (Å²) in [7, 11) is -0.769. The molecule has 2 aliphatic rings. The summed E-state index contributed by atoms with van der Waals surface area (Å²) in [4.78, 5) is 4.19. The van der Waals surface area contributed by atoms with Crippen LogP contribution in [-0.4, -0.2) is 115 Å². The summed E-state index contributed by atoms with van der Waals surface area (Å²) in [6.45, 7) is 3.63. The summed E-state index contributed by atoms with van der Waals surface area (Å²) in [5.41, 5.74) is 1.96. The average molecular weight is 614 g/mol. The van der Waals surface area contributed by atoms with Crippen molar-refractivity contribution in [3.63, 3.8) is 0 Å². The molecule has 14 nitrogen and oxygen atoms in total. The molecule has 0 saturated carbocycles. The maximum atomic E-state index is 13.0. The van der Waals surface area contributed by atoms with Gasteiger partial charge in [0.2, 0.25) is 0 Å². The van der Waals surface area contributed by atoms with Crippen LogP contribution in [0.3, 0.4) is 0 Å². The Morgan fingerprint density at radius 1 is 1.12 bits per heavy atom. The molecule has 3 heterocycles. The number of benzene rings is 2. The second kappa shape index (κ2) is 13.0. The molecule has 2 saturated heterocycles. The molecule has 1 aromatic heterocycles. The number of piperazine rings is 1. The van der Waals surface area contributed by atoms with Gasteiger partial charge in [0, 0.05) is 45.2 Å². The van der Waals surface area contributed by atoms with Gasteiger partial charge in [-0.2, -0.15) is 5.26 Å². The van der Waals surface area contributed by atoms with Gasteiger partial charge in [-0.3, -0.25) is 0 Å². The van der Waals surface area contributed by atoms with E-state index in [-0.39, 0.29) is 18.8 Å². The van der Waals surface area contributed by atoms with Crippen LogP contribution in [0.25, 0.3) is 16.8 Å². The number of hydrogen-bond acceptors (Lipinski definition) is 12. The number of nitrogens with zero attached hydrogens (tertiary/aromatic N) is 6. The van der Waals surface area contributed by atoms with Gasteiger partial charge in [0.05, 0.1) is 18.8 Å². The minimum absolute atomic E-state index is 0.0489. The molecule has 3 aromatic rings. The number of anilines is 1. The van der Waals surface area contributed by atoms with E-state index in [1.54, 1.807) is 12.1 Å². The quantitative estimate of drug-likeness (QED) is 0.230. The minimum atomic E-state index is -4.18. The second-order valence-electron chi connectivity index (χ2n) is 10.7. The summed E-state index contributed by atoms with van der Waals surface area (Å²) >= 11 is 0. The molecule has 0 amide bonds. The minimum Gasteiger partial charge on any atom is -0.388 e. The molecule has 2 fully saturated rings. The Labute approximate surface area is 249 Å². The first-order valence-electron chi connectivity index (χ1n) is 13.8. The largest absolute Gasteiger partial charge is 0.388 e. The zero-order valence-electron chi connectivity index (χ0n) is 23.8. The molecule has 5 rings (SSSR count). The number of sulfonamides is 1. The number of likely N-dealkylation sites (N-methyl/N-ethyl adjacent to an activating group) is 1. The Kier molecular flexibility index (Phi) is 9.39. The van der Waals surface area contributed by atoms with Crippen LogP contribution in [0.5, 0.6) is 0 Å². The van der Waals surface area contributed by atoms with Gasteiger partial charge >= 0.3 is 0 Å². The Bertz CT molecular complexity index is 1610. The first-order valence-corrected chi connectivity index (χ1v) is 15.3. The predicted molar refractivity (Wildman–Crippen MR) is 157 cm³/mol. The summed E-state index contributed by atoms with van der Waals surface area (Å²) in [5.74, 6) is 0. The molecule has 2 aliphatic heterocycles. The molecule has 4 N–H and O–H groups in total. The summed E-state index contributed by atoms with van der Waals surface area (Å²) in [6, 6.07) is 13.5. The SMILES string of the molecule is CO[C@H]1O[C@H](Cn2cc(CNS(=O)(=O)/C(C#N)=C/c3ccc4cc(N5CCN(C)CC5)ccc4c3)nn2)[C@@H](O)[C@H](O)[C@H]1O. The number of allylic oxidation sites excluding steroid dienone is 1. The topological polar surface area (TPSA) is 186 Å². The number of methoxy groups -OCH3 is 1. The van der Waals surface area contributed by atoms with Gasteiger partial charge in [-0.15, -0.1) is 5.10 Å². The zero-order chi connectivity index (χ0) is 30.7. The van der Waals surface area contributed by atoms with Crippen molar-refractivity contribution < 1.29 is 33.2 Å². The van der Waals surface area contributed by atoms with E-state index in [9.17, 15) is 29.0 Å². The molecule has 0 radical (unpaired) electrons.